The average Bonchev–Trinajstić information content (AvgIpc) is 2.92. The second-order valence-electron chi connectivity index (χ2n) is 8.29. The Bertz CT molecular complexity index is 1270. The normalized spacial score (nSPS) is 10.9. The van der Waals surface area contributed by atoms with Crippen molar-refractivity contribution < 1.29 is 27.2 Å². The van der Waals surface area contributed by atoms with Gasteiger partial charge in [-0.1, -0.05) is 17.7 Å². The number of rotatable bonds is 10. The Morgan fingerprint density at radius 2 is 0.872 bits per heavy atom. The second kappa shape index (κ2) is 14.6. The zero-order chi connectivity index (χ0) is 28.3. The lowest BCUT2D eigenvalue weighted by molar-refractivity contribution is 0.340. The van der Waals surface area contributed by atoms with Gasteiger partial charge in [0.05, 0.1) is 35.6 Å². The van der Waals surface area contributed by atoms with E-state index >= 15 is 0 Å². The molecule has 0 saturated heterocycles. The van der Waals surface area contributed by atoms with Gasteiger partial charge in [-0.05, 0) is 113 Å². The predicted molar refractivity (Wildman–Crippen MR) is 154 cm³/mol. The topological polar surface area (TPSA) is 84.9 Å². The highest BCUT2D eigenvalue weighted by molar-refractivity contribution is 7.97. The Kier molecular flexibility index (Phi) is 11.3. The van der Waals surface area contributed by atoms with Crippen molar-refractivity contribution in [2.45, 2.75) is 47.3 Å². The van der Waals surface area contributed by atoms with E-state index in [4.69, 9.17) is 14.2 Å². The first-order valence-corrected chi connectivity index (χ1v) is 15.3. The molecule has 6 nitrogen and oxygen atoms in total. The maximum atomic E-state index is 10.4. The van der Waals surface area contributed by atoms with Gasteiger partial charge in [0.2, 0.25) is 0 Å². The predicted octanol–water partition coefficient (Wildman–Crippen LogP) is 6.88. The fourth-order valence-electron chi connectivity index (χ4n) is 3.63. The number of aryl methyl sites for hydroxylation is 1. The summed E-state index contributed by atoms with van der Waals surface area (Å²) in [5, 5.41) is 0. The van der Waals surface area contributed by atoms with E-state index in [2.05, 4.69) is 36.4 Å². The van der Waals surface area contributed by atoms with Crippen LogP contribution in [0.2, 0.25) is 0 Å². The molecule has 4 aromatic rings. The SMILES string of the molecule is CCOc1ccc([S+](c2ccc(OCC)cc2)c2ccc(OCC)cc2)cc1.Cc1ccc(S(=O)(=O)[O-])cc1. The van der Waals surface area contributed by atoms with Gasteiger partial charge in [-0.25, -0.2) is 8.42 Å². The van der Waals surface area contributed by atoms with Crippen LogP contribution in [0.25, 0.3) is 0 Å². The first-order valence-electron chi connectivity index (χ1n) is 12.7. The van der Waals surface area contributed by atoms with Gasteiger partial charge >= 0.3 is 0 Å². The average molecular weight is 567 g/mol. The molecule has 0 N–H and O–H groups in total. The quantitative estimate of drug-likeness (QED) is 0.154. The van der Waals surface area contributed by atoms with Crippen molar-refractivity contribution in [2.24, 2.45) is 0 Å². The standard InChI is InChI=1S/C24H27O3S.C7H8O3S/c1-4-25-19-7-13-22(14-8-19)28(23-15-9-20(10-16-23)26-5-2)24-17-11-21(12-18-24)27-6-3;1-6-2-4-7(5-3-6)11(8,9)10/h7-18H,4-6H2,1-3H3;2-5H,1H3,(H,8,9,10)/q+1;/p-1. The summed E-state index contributed by atoms with van der Waals surface area (Å²) < 4.78 is 48.0. The summed E-state index contributed by atoms with van der Waals surface area (Å²) >= 11 is 0. The Hall–Kier alpha value is -3.46. The molecule has 0 radical (unpaired) electrons. The molecule has 206 valence electrons. The minimum atomic E-state index is -4.27. The molecule has 39 heavy (non-hydrogen) atoms. The van der Waals surface area contributed by atoms with Crippen molar-refractivity contribution in [3.63, 3.8) is 0 Å². The summed E-state index contributed by atoms with van der Waals surface area (Å²) in [7, 11) is -4.49. The van der Waals surface area contributed by atoms with E-state index in [1.807, 2.05) is 64.1 Å². The Labute approximate surface area is 234 Å². The molecule has 0 aliphatic rings. The van der Waals surface area contributed by atoms with Crippen molar-refractivity contribution in [1.29, 1.82) is 0 Å². The third kappa shape index (κ3) is 9.06. The molecule has 0 aliphatic carbocycles. The first-order chi connectivity index (χ1) is 18.7. The monoisotopic (exact) mass is 566 g/mol. The Morgan fingerprint density at radius 1 is 0.564 bits per heavy atom. The molecule has 0 amide bonds. The molecule has 4 aromatic carbocycles. The molecule has 0 aliphatic heterocycles. The molecule has 0 bridgehead atoms. The van der Waals surface area contributed by atoms with Crippen LogP contribution >= 0.6 is 0 Å². The van der Waals surface area contributed by atoms with Crippen LogP contribution in [0.3, 0.4) is 0 Å². The van der Waals surface area contributed by atoms with Crippen LogP contribution in [-0.2, 0) is 21.0 Å². The van der Waals surface area contributed by atoms with E-state index in [1.165, 1.54) is 26.8 Å². The van der Waals surface area contributed by atoms with Crippen molar-refractivity contribution in [1.82, 2.24) is 0 Å². The minimum absolute atomic E-state index is 0.178. The third-order valence-corrected chi connectivity index (χ3v) is 8.50. The van der Waals surface area contributed by atoms with Gasteiger partial charge in [-0.3, -0.25) is 0 Å². The lowest BCUT2D eigenvalue weighted by Crippen LogP contribution is -2.05. The van der Waals surface area contributed by atoms with Gasteiger partial charge < -0.3 is 18.8 Å². The van der Waals surface area contributed by atoms with Gasteiger partial charge in [-0.15, -0.1) is 0 Å². The van der Waals surface area contributed by atoms with Crippen molar-refractivity contribution in [2.75, 3.05) is 19.8 Å². The molecule has 0 aromatic heterocycles. The first kappa shape index (κ1) is 30.1. The summed E-state index contributed by atoms with van der Waals surface area (Å²) in [6, 6.07) is 31.0. The molecule has 0 heterocycles. The van der Waals surface area contributed by atoms with E-state index in [9.17, 15) is 13.0 Å². The summed E-state index contributed by atoms with van der Waals surface area (Å²) in [6.07, 6.45) is 0. The number of benzene rings is 4. The van der Waals surface area contributed by atoms with Crippen LogP contribution in [0.5, 0.6) is 17.2 Å². The Morgan fingerprint density at radius 3 is 1.13 bits per heavy atom. The van der Waals surface area contributed by atoms with Crippen LogP contribution < -0.4 is 14.2 Å². The van der Waals surface area contributed by atoms with Crippen LogP contribution in [0.4, 0.5) is 0 Å². The van der Waals surface area contributed by atoms with Crippen molar-refractivity contribution >= 4 is 21.0 Å². The molecule has 0 spiro atoms. The number of hydrogen-bond donors (Lipinski definition) is 0. The van der Waals surface area contributed by atoms with Crippen LogP contribution in [0.1, 0.15) is 26.3 Å². The highest BCUT2D eigenvalue weighted by atomic mass is 32.2. The van der Waals surface area contributed by atoms with Gasteiger partial charge in [0, 0.05) is 0 Å². The van der Waals surface area contributed by atoms with Gasteiger partial charge in [0.1, 0.15) is 27.4 Å². The highest BCUT2D eigenvalue weighted by Gasteiger charge is 2.29. The molecular formula is C31H34O6S2. The minimum Gasteiger partial charge on any atom is -0.744 e. The maximum absolute atomic E-state index is 10.4. The van der Waals surface area contributed by atoms with Gasteiger partial charge in [0.15, 0.2) is 14.7 Å². The molecule has 0 atom stereocenters. The van der Waals surface area contributed by atoms with Crippen molar-refractivity contribution in [3.8, 4) is 17.2 Å². The fourth-order valence-corrected chi connectivity index (χ4v) is 6.14. The number of ether oxygens (including phenoxy) is 3. The molecule has 8 heteroatoms. The zero-order valence-electron chi connectivity index (χ0n) is 22.6. The van der Waals surface area contributed by atoms with E-state index < -0.39 is 10.1 Å². The third-order valence-electron chi connectivity index (χ3n) is 5.42. The van der Waals surface area contributed by atoms with E-state index in [-0.39, 0.29) is 15.8 Å². The Balaban J connectivity index is 0.000000320. The molecule has 4 rings (SSSR count). The zero-order valence-corrected chi connectivity index (χ0v) is 24.3. The van der Waals surface area contributed by atoms with E-state index in [0.717, 1.165) is 22.8 Å². The molecule has 0 unspecified atom stereocenters. The fraction of sp³-hybridized carbons (Fsp3) is 0.226. The highest BCUT2D eigenvalue weighted by Crippen LogP contribution is 2.34. The van der Waals surface area contributed by atoms with Gasteiger partial charge in [-0.2, -0.15) is 0 Å². The summed E-state index contributed by atoms with van der Waals surface area (Å²) in [5.41, 5.74) is 0.928. The van der Waals surface area contributed by atoms with E-state index in [1.54, 1.807) is 12.1 Å². The lowest BCUT2D eigenvalue weighted by atomic mass is 10.2. The van der Waals surface area contributed by atoms with Crippen LogP contribution in [0.15, 0.2) is 117 Å². The van der Waals surface area contributed by atoms with Crippen LogP contribution in [0, 0.1) is 6.92 Å². The number of hydrogen-bond acceptors (Lipinski definition) is 6. The molecule has 0 saturated carbocycles. The van der Waals surface area contributed by atoms with Gasteiger partial charge in [0.25, 0.3) is 0 Å². The summed E-state index contributed by atoms with van der Waals surface area (Å²) in [4.78, 5) is 3.56. The molecule has 0 fully saturated rings. The largest absolute Gasteiger partial charge is 0.744 e. The summed E-state index contributed by atoms with van der Waals surface area (Å²) in [5.74, 6) is 2.69. The second-order valence-corrected chi connectivity index (χ2v) is 11.7. The maximum Gasteiger partial charge on any atom is 0.166 e. The summed E-state index contributed by atoms with van der Waals surface area (Å²) in [6.45, 7) is 9.82. The van der Waals surface area contributed by atoms with E-state index in [0.29, 0.717) is 19.8 Å². The molecular weight excluding hydrogens is 532 g/mol. The van der Waals surface area contributed by atoms with Crippen LogP contribution in [-0.4, -0.2) is 32.8 Å². The van der Waals surface area contributed by atoms with Crippen molar-refractivity contribution in [3.05, 3.63) is 103 Å². The lowest BCUT2D eigenvalue weighted by Gasteiger charge is -2.11. The smallest absolute Gasteiger partial charge is 0.166 e.